The Hall–Kier alpha value is -1.12. The Balaban J connectivity index is 1.53. The Morgan fingerprint density at radius 2 is 1.85 bits per heavy atom. The smallest absolute Gasteiger partial charge is 0.0302 e. The summed E-state index contributed by atoms with van der Waals surface area (Å²) in [7, 11) is 0. The lowest BCUT2D eigenvalue weighted by Gasteiger charge is -2.15. The van der Waals surface area contributed by atoms with Gasteiger partial charge in [-0.3, -0.25) is 0 Å². The third-order valence-electron chi connectivity index (χ3n) is 3.96. The van der Waals surface area contributed by atoms with E-state index in [1.807, 2.05) is 11.3 Å². The monoisotopic (exact) mass is 285 g/mol. The van der Waals surface area contributed by atoms with Crippen molar-refractivity contribution in [2.75, 3.05) is 0 Å². The van der Waals surface area contributed by atoms with E-state index < -0.39 is 0 Å². The maximum Gasteiger partial charge on any atom is 0.0302 e. The normalized spacial score (nSPS) is 21.9. The zero-order valence-electron chi connectivity index (χ0n) is 12.5. The molecule has 0 bridgehead atoms. The van der Waals surface area contributed by atoms with E-state index in [9.17, 15) is 0 Å². The molecule has 2 unspecified atom stereocenters. The van der Waals surface area contributed by atoms with Crippen molar-refractivity contribution in [2.45, 2.75) is 51.1 Å². The molecule has 0 amide bonds. The number of hydrogen-bond donors (Lipinski definition) is 1. The summed E-state index contributed by atoms with van der Waals surface area (Å²) in [5.74, 6) is 0.721. The van der Waals surface area contributed by atoms with E-state index in [0.717, 1.165) is 12.5 Å². The summed E-state index contributed by atoms with van der Waals surface area (Å²) in [6, 6.07) is 16.1. The van der Waals surface area contributed by atoms with Crippen molar-refractivity contribution in [3.05, 3.63) is 57.8 Å². The SMILES string of the molecule is CC(C)(C)c1ccc(CNC2CC2c2ccccc2)s1. The van der Waals surface area contributed by atoms with Crippen molar-refractivity contribution in [1.82, 2.24) is 5.32 Å². The zero-order chi connectivity index (χ0) is 14.2. The lowest BCUT2D eigenvalue weighted by molar-refractivity contribution is 0.604. The van der Waals surface area contributed by atoms with Crippen LogP contribution in [-0.2, 0) is 12.0 Å². The molecular formula is C18H23NS. The van der Waals surface area contributed by atoms with Gasteiger partial charge in [-0.05, 0) is 29.5 Å². The molecule has 1 saturated carbocycles. The van der Waals surface area contributed by atoms with Crippen LogP contribution < -0.4 is 5.32 Å². The van der Waals surface area contributed by atoms with Crippen molar-refractivity contribution in [3.8, 4) is 0 Å². The molecule has 0 radical (unpaired) electrons. The highest BCUT2D eigenvalue weighted by Gasteiger charge is 2.37. The van der Waals surface area contributed by atoms with Crippen LogP contribution in [0.25, 0.3) is 0 Å². The lowest BCUT2D eigenvalue weighted by Crippen LogP contribution is -2.16. The quantitative estimate of drug-likeness (QED) is 0.859. The van der Waals surface area contributed by atoms with Crippen LogP contribution in [0.2, 0.25) is 0 Å². The van der Waals surface area contributed by atoms with E-state index in [1.54, 1.807) is 0 Å². The third-order valence-corrected chi connectivity index (χ3v) is 5.47. The van der Waals surface area contributed by atoms with E-state index in [4.69, 9.17) is 0 Å². The summed E-state index contributed by atoms with van der Waals surface area (Å²) >= 11 is 1.94. The van der Waals surface area contributed by atoms with E-state index in [0.29, 0.717) is 6.04 Å². The van der Waals surface area contributed by atoms with Crippen molar-refractivity contribution in [1.29, 1.82) is 0 Å². The van der Waals surface area contributed by atoms with E-state index in [1.165, 1.54) is 21.7 Å². The molecule has 2 heteroatoms. The molecule has 106 valence electrons. The van der Waals surface area contributed by atoms with Crippen LogP contribution in [-0.4, -0.2) is 6.04 Å². The Morgan fingerprint density at radius 1 is 1.10 bits per heavy atom. The molecule has 1 heterocycles. The minimum absolute atomic E-state index is 0.273. The molecular weight excluding hydrogens is 262 g/mol. The molecule has 1 aromatic carbocycles. The van der Waals surface area contributed by atoms with Gasteiger partial charge in [0.2, 0.25) is 0 Å². The fraction of sp³-hybridized carbons (Fsp3) is 0.444. The van der Waals surface area contributed by atoms with Crippen LogP contribution in [0.3, 0.4) is 0 Å². The first-order chi connectivity index (χ1) is 9.54. The van der Waals surface area contributed by atoms with Gasteiger partial charge in [0.1, 0.15) is 0 Å². The Kier molecular flexibility index (Phi) is 3.70. The summed E-state index contributed by atoms with van der Waals surface area (Å²) in [5, 5.41) is 3.70. The van der Waals surface area contributed by atoms with Crippen molar-refractivity contribution >= 4 is 11.3 Å². The molecule has 1 N–H and O–H groups in total. The van der Waals surface area contributed by atoms with Gasteiger partial charge in [0.05, 0.1) is 0 Å². The molecule has 1 aromatic heterocycles. The van der Waals surface area contributed by atoms with E-state index >= 15 is 0 Å². The van der Waals surface area contributed by atoms with Gasteiger partial charge >= 0.3 is 0 Å². The standard InChI is InChI=1S/C18H23NS/c1-18(2,3)17-10-9-14(20-17)12-19-16-11-15(16)13-7-5-4-6-8-13/h4-10,15-16,19H,11-12H2,1-3H3. The van der Waals surface area contributed by atoms with E-state index in [2.05, 4.69) is 68.6 Å². The summed E-state index contributed by atoms with van der Waals surface area (Å²) in [5.41, 5.74) is 1.75. The number of nitrogens with one attached hydrogen (secondary N) is 1. The van der Waals surface area contributed by atoms with Crippen LogP contribution in [0, 0.1) is 0 Å². The molecule has 2 aromatic rings. The molecule has 1 aliphatic carbocycles. The summed E-state index contributed by atoms with van der Waals surface area (Å²) < 4.78 is 0. The van der Waals surface area contributed by atoms with Crippen molar-refractivity contribution < 1.29 is 0 Å². The second-order valence-electron chi connectivity index (χ2n) is 6.76. The highest BCUT2D eigenvalue weighted by molar-refractivity contribution is 7.12. The van der Waals surface area contributed by atoms with Crippen LogP contribution in [0.15, 0.2) is 42.5 Å². The highest BCUT2D eigenvalue weighted by Crippen LogP contribution is 2.41. The van der Waals surface area contributed by atoms with Crippen LogP contribution >= 0.6 is 11.3 Å². The largest absolute Gasteiger partial charge is 0.308 e. The van der Waals surface area contributed by atoms with Gasteiger partial charge in [-0.25, -0.2) is 0 Å². The Labute approximate surface area is 126 Å². The van der Waals surface area contributed by atoms with Gasteiger partial charge in [0, 0.05) is 28.3 Å². The topological polar surface area (TPSA) is 12.0 Å². The average Bonchev–Trinajstić information content (AvgIpc) is 3.03. The Morgan fingerprint density at radius 3 is 2.50 bits per heavy atom. The average molecular weight is 285 g/mol. The molecule has 0 saturated heterocycles. The number of benzene rings is 1. The van der Waals surface area contributed by atoms with Gasteiger partial charge in [0.25, 0.3) is 0 Å². The van der Waals surface area contributed by atoms with E-state index in [-0.39, 0.29) is 5.41 Å². The number of hydrogen-bond acceptors (Lipinski definition) is 2. The molecule has 1 aliphatic rings. The van der Waals surface area contributed by atoms with Gasteiger partial charge in [-0.2, -0.15) is 0 Å². The maximum atomic E-state index is 3.70. The number of thiophene rings is 1. The minimum Gasteiger partial charge on any atom is -0.308 e. The van der Waals surface area contributed by atoms with Crippen molar-refractivity contribution in [2.24, 2.45) is 0 Å². The van der Waals surface area contributed by atoms with Crippen LogP contribution in [0.5, 0.6) is 0 Å². The zero-order valence-corrected chi connectivity index (χ0v) is 13.3. The second-order valence-corrected chi connectivity index (χ2v) is 7.92. The van der Waals surface area contributed by atoms with Crippen molar-refractivity contribution in [3.63, 3.8) is 0 Å². The molecule has 1 fully saturated rings. The molecule has 20 heavy (non-hydrogen) atoms. The lowest BCUT2D eigenvalue weighted by atomic mass is 9.95. The molecule has 1 nitrogen and oxygen atoms in total. The summed E-state index contributed by atoms with van der Waals surface area (Å²) in [6.45, 7) is 7.85. The molecule has 2 atom stereocenters. The van der Waals surface area contributed by atoms with Crippen LogP contribution in [0.4, 0.5) is 0 Å². The first-order valence-corrected chi connectivity index (χ1v) is 8.23. The first-order valence-electron chi connectivity index (χ1n) is 7.41. The van der Waals surface area contributed by atoms with Gasteiger partial charge in [0.15, 0.2) is 0 Å². The predicted octanol–water partition coefficient (Wildman–Crippen LogP) is 4.69. The fourth-order valence-corrected chi connectivity index (χ4v) is 3.61. The molecule has 0 aliphatic heterocycles. The van der Waals surface area contributed by atoms with Gasteiger partial charge < -0.3 is 5.32 Å². The fourth-order valence-electron chi connectivity index (χ4n) is 2.60. The maximum absolute atomic E-state index is 3.70. The van der Waals surface area contributed by atoms with Crippen LogP contribution in [0.1, 0.15) is 48.4 Å². The number of rotatable bonds is 4. The third kappa shape index (κ3) is 3.13. The Bertz CT molecular complexity index is 565. The second kappa shape index (κ2) is 5.34. The minimum atomic E-state index is 0.273. The highest BCUT2D eigenvalue weighted by atomic mass is 32.1. The predicted molar refractivity (Wildman–Crippen MR) is 87.4 cm³/mol. The summed E-state index contributed by atoms with van der Waals surface area (Å²) in [4.78, 5) is 2.93. The molecule has 3 rings (SSSR count). The van der Waals surface area contributed by atoms with Gasteiger partial charge in [-0.15, -0.1) is 11.3 Å². The molecule has 0 spiro atoms. The summed E-state index contributed by atoms with van der Waals surface area (Å²) in [6.07, 6.45) is 1.28. The van der Waals surface area contributed by atoms with Gasteiger partial charge in [-0.1, -0.05) is 51.1 Å². The first kappa shape index (κ1) is 13.8.